The Morgan fingerprint density at radius 2 is 2.05 bits per heavy atom. The van der Waals surface area contributed by atoms with Crippen LogP contribution in [0, 0.1) is 5.82 Å². The number of thiophene rings is 1. The number of methoxy groups -OCH3 is 1. The van der Waals surface area contributed by atoms with Gasteiger partial charge in [-0.1, -0.05) is 29.8 Å². The van der Waals surface area contributed by atoms with Crippen molar-refractivity contribution in [2.45, 2.75) is 6.54 Å². The number of halogens is 2. The van der Waals surface area contributed by atoms with Crippen molar-refractivity contribution in [3.8, 4) is 5.75 Å². The molecule has 21 heavy (non-hydrogen) atoms. The number of hydrogen-bond donors (Lipinski definition) is 1. The summed E-state index contributed by atoms with van der Waals surface area (Å²) in [6.45, 7) is 0.570. The Morgan fingerprint density at radius 3 is 2.81 bits per heavy atom. The first-order valence-electron chi connectivity index (χ1n) is 6.42. The number of fused-ring (bicyclic) bond motifs is 1. The van der Waals surface area contributed by atoms with Crippen LogP contribution in [0.15, 0.2) is 42.5 Å². The van der Waals surface area contributed by atoms with Crippen LogP contribution in [-0.4, -0.2) is 7.11 Å². The standard InChI is InChI=1S/C16H13ClFNOS/c1-20-13-8-10(18)6-7-12(13)19-9-15-16(17)11-4-2-3-5-14(11)21-15/h2-8,19H,9H2,1H3. The topological polar surface area (TPSA) is 21.3 Å². The van der Waals surface area contributed by atoms with Gasteiger partial charge in [0.05, 0.1) is 24.4 Å². The highest BCUT2D eigenvalue weighted by Gasteiger charge is 2.11. The van der Waals surface area contributed by atoms with Crippen molar-refractivity contribution < 1.29 is 9.13 Å². The Balaban J connectivity index is 1.85. The summed E-state index contributed by atoms with van der Waals surface area (Å²) < 4.78 is 19.5. The Kier molecular flexibility index (Phi) is 3.99. The largest absolute Gasteiger partial charge is 0.494 e. The van der Waals surface area contributed by atoms with E-state index in [9.17, 15) is 4.39 Å². The van der Waals surface area contributed by atoms with Crippen LogP contribution < -0.4 is 10.1 Å². The summed E-state index contributed by atoms with van der Waals surface area (Å²) in [6.07, 6.45) is 0. The van der Waals surface area contributed by atoms with E-state index in [1.54, 1.807) is 17.4 Å². The smallest absolute Gasteiger partial charge is 0.144 e. The van der Waals surface area contributed by atoms with Crippen LogP contribution in [0.25, 0.3) is 10.1 Å². The molecular formula is C16H13ClFNOS. The summed E-state index contributed by atoms with van der Waals surface area (Å²) >= 11 is 8.05. The summed E-state index contributed by atoms with van der Waals surface area (Å²) in [7, 11) is 1.52. The maximum absolute atomic E-state index is 13.2. The van der Waals surface area contributed by atoms with Gasteiger partial charge in [-0.3, -0.25) is 0 Å². The molecule has 0 amide bonds. The van der Waals surface area contributed by atoms with Crippen LogP contribution in [-0.2, 0) is 6.54 Å². The van der Waals surface area contributed by atoms with Crippen LogP contribution in [0.3, 0.4) is 0 Å². The van der Waals surface area contributed by atoms with Crippen molar-refractivity contribution in [3.63, 3.8) is 0 Å². The molecule has 1 heterocycles. The van der Waals surface area contributed by atoms with E-state index in [4.69, 9.17) is 16.3 Å². The van der Waals surface area contributed by atoms with Gasteiger partial charge in [-0.2, -0.15) is 0 Å². The predicted molar refractivity (Wildman–Crippen MR) is 87.1 cm³/mol. The lowest BCUT2D eigenvalue weighted by atomic mass is 10.2. The average Bonchev–Trinajstić information content (AvgIpc) is 2.83. The van der Waals surface area contributed by atoms with E-state index in [1.807, 2.05) is 24.3 Å². The minimum atomic E-state index is -0.322. The quantitative estimate of drug-likeness (QED) is 0.702. The maximum Gasteiger partial charge on any atom is 0.144 e. The number of ether oxygens (including phenoxy) is 1. The Labute approximate surface area is 131 Å². The van der Waals surface area contributed by atoms with Crippen LogP contribution in [0.2, 0.25) is 5.02 Å². The molecule has 3 rings (SSSR count). The fourth-order valence-electron chi connectivity index (χ4n) is 2.16. The van der Waals surface area contributed by atoms with E-state index in [0.29, 0.717) is 12.3 Å². The van der Waals surface area contributed by atoms with E-state index in [0.717, 1.165) is 25.7 Å². The molecule has 0 spiro atoms. The van der Waals surface area contributed by atoms with Crippen LogP contribution in [0.4, 0.5) is 10.1 Å². The molecule has 1 aromatic heterocycles. The molecule has 0 aliphatic carbocycles. The van der Waals surface area contributed by atoms with Crippen molar-refractivity contribution in [1.29, 1.82) is 0 Å². The van der Waals surface area contributed by atoms with E-state index in [1.165, 1.54) is 19.2 Å². The zero-order valence-corrected chi connectivity index (χ0v) is 12.9. The number of benzene rings is 2. The lowest BCUT2D eigenvalue weighted by Gasteiger charge is -2.10. The first kappa shape index (κ1) is 14.2. The van der Waals surface area contributed by atoms with Gasteiger partial charge in [0.1, 0.15) is 11.6 Å². The van der Waals surface area contributed by atoms with Gasteiger partial charge in [-0.25, -0.2) is 4.39 Å². The lowest BCUT2D eigenvalue weighted by Crippen LogP contribution is -2.00. The number of rotatable bonds is 4. The second-order valence-electron chi connectivity index (χ2n) is 4.53. The molecule has 0 saturated heterocycles. The summed E-state index contributed by atoms with van der Waals surface area (Å²) in [6, 6.07) is 12.4. The minimum absolute atomic E-state index is 0.322. The van der Waals surface area contributed by atoms with Gasteiger partial charge in [0.15, 0.2) is 0 Å². The normalized spacial score (nSPS) is 10.8. The summed E-state index contributed by atoms with van der Waals surface area (Å²) in [5.41, 5.74) is 0.743. The minimum Gasteiger partial charge on any atom is -0.494 e. The summed E-state index contributed by atoms with van der Waals surface area (Å²) in [5.74, 6) is 0.157. The zero-order chi connectivity index (χ0) is 14.8. The molecule has 0 aliphatic heterocycles. The highest BCUT2D eigenvalue weighted by Crippen LogP contribution is 2.36. The first-order chi connectivity index (χ1) is 10.2. The van der Waals surface area contributed by atoms with Crippen molar-refractivity contribution in [2.75, 3.05) is 12.4 Å². The van der Waals surface area contributed by atoms with E-state index in [2.05, 4.69) is 5.32 Å². The molecule has 3 aromatic rings. The second kappa shape index (κ2) is 5.92. The number of nitrogens with one attached hydrogen (secondary N) is 1. The molecule has 2 nitrogen and oxygen atoms in total. The van der Waals surface area contributed by atoms with Gasteiger partial charge in [-0.15, -0.1) is 11.3 Å². The molecule has 0 fully saturated rings. The molecule has 2 aromatic carbocycles. The molecule has 0 bridgehead atoms. The van der Waals surface area contributed by atoms with Crippen LogP contribution in [0.5, 0.6) is 5.75 Å². The monoisotopic (exact) mass is 321 g/mol. The van der Waals surface area contributed by atoms with E-state index in [-0.39, 0.29) is 5.82 Å². The lowest BCUT2D eigenvalue weighted by molar-refractivity contribution is 0.413. The summed E-state index contributed by atoms with van der Waals surface area (Å²) in [5, 5.41) is 5.07. The maximum atomic E-state index is 13.2. The van der Waals surface area contributed by atoms with Gasteiger partial charge in [0, 0.05) is 21.0 Å². The fraction of sp³-hybridized carbons (Fsp3) is 0.125. The average molecular weight is 322 g/mol. The van der Waals surface area contributed by atoms with Crippen LogP contribution >= 0.6 is 22.9 Å². The van der Waals surface area contributed by atoms with Gasteiger partial charge >= 0.3 is 0 Å². The SMILES string of the molecule is COc1cc(F)ccc1NCc1sc2ccccc2c1Cl. The highest BCUT2D eigenvalue weighted by molar-refractivity contribution is 7.19. The third-order valence-corrected chi connectivity index (χ3v) is 4.92. The molecule has 1 N–H and O–H groups in total. The Bertz CT molecular complexity index is 787. The van der Waals surface area contributed by atoms with Gasteiger partial charge in [-0.05, 0) is 18.2 Å². The third kappa shape index (κ3) is 2.82. The fourth-order valence-corrected chi connectivity index (χ4v) is 3.60. The molecule has 0 atom stereocenters. The molecule has 0 saturated carbocycles. The van der Waals surface area contributed by atoms with Crippen molar-refractivity contribution in [1.82, 2.24) is 0 Å². The predicted octanol–water partition coefficient (Wildman–Crippen LogP) is 5.31. The summed E-state index contributed by atoms with van der Waals surface area (Å²) in [4.78, 5) is 1.05. The molecule has 108 valence electrons. The van der Waals surface area contributed by atoms with E-state index >= 15 is 0 Å². The van der Waals surface area contributed by atoms with Crippen LogP contribution in [0.1, 0.15) is 4.88 Å². The third-order valence-electron chi connectivity index (χ3n) is 3.20. The first-order valence-corrected chi connectivity index (χ1v) is 7.62. The molecular weight excluding hydrogens is 309 g/mol. The zero-order valence-electron chi connectivity index (χ0n) is 11.3. The van der Waals surface area contributed by atoms with Crippen molar-refractivity contribution in [2.24, 2.45) is 0 Å². The van der Waals surface area contributed by atoms with Crippen molar-refractivity contribution >= 4 is 38.7 Å². The van der Waals surface area contributed by atoms with Gasteiger partial charge < -0.3 is 10.1 Å². The van der Waals surface area contributed by atoms with Gasteiger partial charge in [0.2, 0.25) is 0 Å². The molecule has 0 radical (unpaired) electrons. The molecule has 0 aliphatic rings. The molecule has 5 heteroatoms. The number of hydrogen-bond acceptors (Lipinski definition) is 3. The Morgan fingerprint density at radius 1 is 1.24 bits per heavy atom. The number of anilines is 1. The molecule has 0 unspecified atom stereocenters. The Hall–Kier alpha value is -1.78. The van der Waals surface area contributed by atoms with E-state index < -0.39 is 0 Å². The highest BCUT2D eigenvalue weighted by atomic mass is 35.5. The van der Waals surface area contributed by atoms with Crippen molar-refractivity contribution in [3.05, 3.63) is 58.2 Å². The van der Waals surface area contributed by atoms with Gasteiger partial charge in [0.25, 0.3) is 0 Å². The second-order valence-corrected chi connectivity index (χ2v) is 6.05.